The lowest BCUT2D eigenvalue weighted by Crippen LogP contribution is -2.42. The van der Waals surface area contributed by atoms with Crippen molar-refractivity contribution in [1.82, 2.24) is 14.9 Å². The number of rotatable bonds is 8. The largest absolute Gasteiger partial charge is 0.494 e. The van der Waals surface area contributed by atoms with Crippen molar-refractivity contribution in [2.75, 3.05) is 63.2 Å². The number of nitrogens with one attached hydrogen (secondary N) is 2. The van der Waals surface area contributed by atoms with Crippen LogP contribution in [0.25, 0.3) is 0 Å². The van der Waals surface area contributed by atoms with Gasteiger partial charge in [-0.2, -0.15) is 4.98 Å². The number of hydrogen-bond acceptors (Lipinski definition) is 7. The molecule has 2 heterocycles. The molecule has 0 aliphatic carbocycles. The quantitative estimate of drug-likeness (QED) is 0.364. The number of ether oxygens (including phenoxy) is 1. The molecule has 0 spiro atoms. The summed E-state index contributed by atoms with van der Waals surface area (Å²) in [6.07, 6.45) is 4.19. The van der Waals surface area contributed by atoms with Crippen LogP contribution >= 0.6 is 7.92 Å². The molecule has 37 heavy (non-hydrogen) atoms. The third-order valence-electron chi connectivity index (χ3n) is 7.16. The van der Waals surface area contributed by atoms with Gasteiger partial charge in [0.2, 0.25) is 5.95 Å². The molecule has 8 heteroatoms. The van der Waals surface area contributed by atoms with E-state index in [2.05, 4.69) is 97.0 Å². The number of nitrogens with zero attached hydrogens (tertiary/aromatic N) is 4. The lowest BCUT2D eigenvalue weighted by atomic mass is 10.0. The summed E-state index contributed by atoms with van der Waals surface area (Å²) in [5.74, 6) is 2.13. The molecule has 1 fully saturated rings. The van der Waals surface area contributed by atoms with Gasteiger partial charge < -0.3 is 25.2 Å². The predicted molar refractivity (Wildman–Crippen MR) is 160 cm³/mol. The maximum Gasteiger partial charge on any atom is 0.229 e. The van der Waals surface area contributed by atoms with E-state index in [1.165, 1.54) is 35.0 Å². The first-order chi connectivity index (χ1) is 17.7. The molecule has 1 saturated heterocycles. The second-order valence-corrected chi connectivity index (χ2v) is 12.7. The molecule has 0 radical (unpaired) electrons. The Morgan fingerprint density at radius 3 is 2.35 bits per heavy atom. The highest BCUT2D eigenvalue weighted by atomic mass is 31.1. The lowest BCUT2D eigenvalue weighted by molar-refractivity contribution is 0.249. The first-order valence-corrected chi connectivity index (χ1v) is 15.2. The fourth-order valence-electron chi connectivity index (χ4n) is 4.90. The highest BCUT2D eigenvalue weighted by Gasteiger charge is 2.23. The number of piperidine rings is 1. The summed E-state index contributed by atoms with van der Waals surface area (Å²) in [4.78, 5) is 14.2. The Kier molecular flexibility index (Phi) is 8.56. The number of anilines is 5. The van der Waals surface area contributed by atoms with Crippen LogP contribution < -0.4 is 25.6 Å². The molecular weight excluding hydrogens is 479 g/mol. The van der Waals surface area contributed by atoms with Crippen LogP contribution in [0.2, 0.25) is 0 Å². The fourth-order valence-corrected chi connectivity index (χ4v) is 5.98. The molecule has 1 aromatic heterocycles. The fraction of sp³-hybridized carbons (Fsp3) is 0.448. The van der Waals surface area contributed by atoms with Crippen molar-refractivity contribution in [3.8, 4) is 5.75 Å². The third kappa shape index (κ3) is 6.34. The first-order valence-electron chi connectivity index (χ1n) is 12.9. The molecule has 4 rings (SSSR count). The lowest BCUT2D eigenvalue weighted by Gasteiger charge is -2.37. The molecule has 2 aromatic carbocycles. The number of aromatic nitrogens is 2. The van der Waals surface area contributed by atoms with Crippen molar-refractivity contribution >= 4 is 42.1 Å². The van der Waals surface area contributed by atoms with E-state index >= 15 is 0 Å². The van der Waals surface area contributed by atoms with Gasteiger partial charge in [0, 0.05) is 48.3 Å². The Hall–Kier alpha value is -2.89. The zero-order chi connectivity index (χ0) is 26.7. The summed E-state index contributed by atoms with van der Waals surface area (Å²) in [6, 6.07) is 11.5. The van der Waals surface area contributed by atoms with E-state index in [9.17, 15) is 0 Å². The molecule has 0 bridgehead atoms. The van der Waals surface area contributed by atoms with Crippen molar-refractivity contribution < 1.29 is 4.74 Å². The van der Waals surface area contributed by atoms with Gasteiger partial charge in [0.15, 0.2) is 0 Å². The number of hydrogen-bond donors (Lipinski definition) is 2. The maximum atomic E-state index is 5.80. The van der Waals surface area contributed by atoms with Gasteiger partial charge in [-0.1, -0.05) is 19.6 Å². The summed E-state index contributed by atoms with van der Waals surface area (Å²) >= 11 is 0. The van der Waals surface area contributed by atoms with Crippen molar-refractivity contribution in [3.63, 3.8) is 0 Å². The molecule has 198 valence electrons. The van der Waals surface area contributed by atoms with Gasteiger partial charge >= 0.3 is 0 Å². The minimum absolute atomic E-state index is 0.255. The highest BCUT2D eigenvalue weighted by Crippen LogP contribution is 2.36. The standard InChI is InChI=1S/C29H41N6OP/c1-19-9-10-23(27(15-19)37(7)8)31-28-21(3)18-30-29(33-28)32-24-16-20(2)25(17-26(24)36-6)35-13-11-22(12-14-35)34(4)5/h9-10,15-18,22H,11-14H2,1-8H3,(H2,30,31,32,33). The van der Waals surface area contributed by atoms with Crippen LogP contribution in [-0.4, -0.2) is 68.5 Å². The van der Waals surface area contributed by atoms with E-state index in [-0.39, 0.29) is 7.92 Å². The van der Waals surface area contributed by atoms with Crippen molar-refractivity contribution in [2.24, 2.45) is 0 Å². The topological polar surface area (TPSA) is 65.6 Å². The third-order valence-corrected chi connectivity index (χ3v) is 8.49. The van der Waals surface area contributed by atoms with Crippen molar-refractivity contribution in [3.05, 3.63) is 53.2 Å². The van der Waals surface area contributed by atoms with Crippen LogP contribution in [0, 0.1) is 20.8 Å². The Balaban J connectivity index is 1.56. The first kappa shape index (κ1) is 27.2. The smallest absolute Gasteiger partial charge is 0.229 e. The number of benzene rings is 2. The maximum absolute atomic E-state index is 5.80. The summed E-state index contributed by atoms with van der Waals surface area (Å²) in [7, 11) is 5.81. The van der Waals surface area contributed by atoms with E-state index in [4.69, 9.17) is 9.72 Å². The highest BCUT2D eigenvalue weighted by molar-refractivity contribution is 7.64. The number of aryl methyl sites for hydroxylation is 3. The van der Waals surface area contributed by atoms with Crippen LogP contribution in [0.15, 0.2) is 36.5 Å². The summed E-state index contributed by atoms with van der Waals surface area (Å²) in [5.41, 5.74) is 6.67. The van der Waals surface area contributed by atoms with Gasteiger partial charge in [-0.05, 0) is 90.1 Å². The van der Waals surface area contributed by atoms with Crippen LogP contribution in [0.4, 0.5) is 28.8 Å². The van der Waals surface area contributed by atoms with E-state index in [1.807, 2.05) is 13.1 Å². The van der Waals surface area contributed by atoms with E-state index < -0.39 is 0 Å². The SMILES string of the molecule is COc1cc(N2CCC(N(C)C)CC2)c(C)cc1Nc1ncc(C)c(Nc2ccc(C)cc2P(C)C)n1. The summed E-state index contributed by atoms with van der Waals surface area (Å²) < 4.78 is 5.80. The van der Waals surface area contributed by atoms with E-state index in [0.29, 0.717) is 12.0 Å². The molecule has 0 unspecified atom stereocenters. The monoisotopic (exact) mass is 520 g/mol. The molecular formula is C29H41N6OP. The average Bonchev–Trinajstić information content (AvgIpc) is 2.87. The van der Waals surface area contributed by atoms with Gasteiger partial charge in [0.1, 0.15) is 11.6 Å². The van der Waals surface area contributed by atoms with E-state index in [0.717, 1.165) is 41.6 Å². The second kappa shape index (κ2) is 11.7. The zero-order valence-electron chi connectivity index (χ0n) is 23.5. The van der Waals surface area contributed by atoms with Crippen LogP contribution in [0.1, 0.15) is 29.5 Å². The molecule has 0 saturated carbocycles. The van der Waals surface area contributed by atoms with Crippen molar-refractivity contribution in [2.45, 2.75) is 39.7 Å². The number of methoxy groups -OCH3 is 1. The van der Waals surface area contributed by atoms with Gasteiger partial charge in [-0.25, -0.2) is 4.98 Å². The van der Waals surface area contributed by atoms with Gasteiger partial charge in [0.25, 0.3) is 0 Å². The van der Waals surface area contributed by atoms with Gasteiger partial charge in [-0.3, -0.25) is 0 Å². The summed E-state index contributed by atoms with van der Waals surface area (Å²) in [6.45, 7) is 13.0. The van der Waals surface area contributed by atoms with Gasteiger partial charge in [-0.15, -0.1) is 0 Å². The molecule has 2 N–H and O–H groups in total. The molecule has 0 atom stereocenters. The Labute approximate surface area is 223 Å². The minimum atomic E-state index is -0.255. The predicted octanol–water partition coefficient (Wildman–Crippen LogP) is 5.79. The second-order valence-electron chi connectivity index (χ2n) is 10.4. The summed E-state index contributed by atoms with van der Waals surface area (Å²) in [5, 5.41) is 8.31. The minimum Gasteiger partial charge on any atom is -0.494 e. The van der Waals surface area contributed by atoms with Crippen LogP contribution in [0.3, 0.4) is 0 Å². The zero-order valence-corrected chi connectivity index (χ0v) is 24.4. The normalized spacial score (nSPS) is 14.4. The molecule has 0 amide bonds. The molecule has 7 nitrogen and oxygen atoms in total. The molecule has 3 aromatic rings. The Bertz CT molecular complexity index is 1240. The Morgan fingerprint density at radius 2 is 1.70 bits per heavy atom. The van der Waals surface area contributed by atoms with Gasteiger partial charge in [0.05, 0.1) is 12.8 Å². The van der Waals surface area contributed by atoms with Crippen molar-refractivity contribution in [1.29, 1.82) is 0 Å². The van der Waals surface area contributed by atoms with E-state index in [1.54, 1.807) is 7.11 Å². The van der Waals surface area contributed by atoms with Crippen LogP contribution in [-0.2, 0) is 0 Å². The molecule has 1 aliphatic heterocycles. The molecule has 1 aliphatic rings. The average molecular weight is 521 g/mol. The Morgan fingerprint density at radius 1 is 0.973 bits per heavy atom. The van der Waals surface area contributed by atoms with Crippen LogP contribution in [0.5, 0.6) is 5.75 Å².